The zero-order chi connectivity index (χ0) is 24.7. The van der Waals surface area contributed by atoms with Crippen LogP contribution < -0.4 is 5.32 Å². The van der Waals surface area contributed by atoms with Crippen molar-refractivity contribution in [1.29, 1.82) is 0 Å². The fraction of sp³-hybridized carbons (Fsp3) is 0.828. The van der Waals surface area contributed by atoms with Gasteiger partial charge < -0.3 is 20.6 Å². The molecule has 4 N–H and O–H groups in total. The zero-order valence-corrected chi connectivity index (χ0v) is 21.2. The molecule has 0 saturated heterocycles. The van der Waals surface area contributed by atoms with E-state index in [2.05, 4.69) is 32.0 Å². The standard InChI is InChI=1S/C29H45NO4/c1-5-16-30-24(32)9-7-6-8-18(2)20-10-11-21-25-22(13-15-28(20,21)3)29(4)14-12-19(31)17-23(29)26(33)27(25)34/h1,7,9,18-23,25-27,31,33-34H,6,8,10-17H2,2-4H3,(H,30,32). The normalized spacial score (nSPS) is 46.7. The van der Waals surface area contributed by atoms with Crippen LogP contribution in [-0.2, 0) is 4.79 Å². The van der Waals surface area contributed by atoms with E-state index >= 15 is 0 Å². The number of amides is 1. The average Bonchev–Trinajstić information content (AvgIpc) is 3.16. The van der Waals surface area contributed by atoms with E-state index in [1.54, 1.807) is 6.08 Å². The van der Waals surface area contributed by atoms with Crippen molar-refractivity contribution >= 4 is 5.91 Å². The van der Waals surface area contributed by atoms with Gasteiger partial charge in [-0.3, -0.25) is 4.79 Å². The molecule has 4 aliphatic carbocycles. The minimum Gasteiger partial charge on any atom is -0.393 e. The molecule has 190 valence electrons. The van der Waals surface area contributed by atoms with Gasteiger partial charge in [-0.1, -0.05) is 32.8 Å². The van der Waals surface area contributed by atoms with E-state index in [1.165, 1.54) is 12.8 Å². The lowest BCUT2D eigenvalue weighted by atomic mass is 9.43. The molecule has 0 aliphatic heterocycles. The van der Waals surface area contributed by atoms with E-state index in [0.29, 0.717) is 30.1 Å². The number of terminal acetylenes is 1. The maximum absolute atomic E-state index is 11.7. The largest absolute Gasteiger partial charge is 0.393 e. The van der Waals surface area contributed by atoms with Crippen LogP contribution in [0.15, 0.2) is 12.2 Å². The van der Waals surface area contributed by atoms with Crippen molar-refractivity contribution in [3.8, 4) is 12.3 Å². The maximum Gasteiger partial charge on any atom is 0.244 e. The Morgan fingerprint density at radius 3 is 2.50 bits per heavy atom. The fourth-order valence-electron chi connectivity index (χ4n) is 9.16. The van der Waals surface area contributed by atoms with Crippen molar-refractivity contribution < 1.29 is 20.1 Å². The van der Waals surface area contributed by atoms with Crippen molar-refractivity contribution in [1.82, 2.24) is 5.32 Å². The summed E-state index contributed by atoms with van der Waals surface area (Å²) < 4.78 is 0. The van der Waals surface area contributed by atoms with E-state index in [0.717, 1.165) is 38.5 Å². The fourth-order valence-corrected chi connectivity index (χ4v) is 9.16. The summed E-state index contributed by atoms with van der Waals surface area (Å²) in [4.78, 5) is 11.7. The van der Waals surface area contributed by atoms with Crippen LogP contribution in [0.3, 0.4) is 0 Å². The number of aliphatic hydroxyl groups excluding tert-OH is 3. The summed E-state index contributed by atoms with van der Waals surface area (Å²) >= 11 is 0. The summed E-state index contributed by atoms with van der Waals surface area (Å²) in [5.74, 6) is 4.45. The number of hydrogen-bond acceptors (Lipinski definition) is 4. The van der Waals surface area contributed by atoms with E-state index in [1.807, 2.05) is 6.08 Å². The van der Waals surface area contributed by atoms with Crippen molar-refractivity contribution in [2.75, 3.05) is 6.54 Å². The minimum atomic E-state index is -0.731. The van der Waals surface area contributed by atoms with Crippen LogP contribution in [0.2, 0.25) is 0 Å². The second kappa shape index (κ2) is 9.96. The number of rotatable bonds is 6. The van der Waals surface area contributed by atoms with E-state index < -0.39 is 12.2 Å². The van der Waals surface area contributed by atoms with Gasteiger partial charge in [0.2, 0.25) is 5.91 Å². The first-order valence-electron chi connectivity index (χ1n) is 13.6. The van der Waals surface area contributed by atoms with Gasteiger partial charge >= 0.3 is 0 Å². The molecule has 4 rings (SSSR count). The van der Waals surface area contributed by atoms with Crippen molar-refractivity contribution in [2.45, 2.75) is 96.9 Å². The van der Waals surface area contributed by atoms with Crippen LogP contribution in [0.1, 0.15) is 78.6 Å². The number of carbonyl (C=O) groups is 1. The van der Waals surface area contributed by atoms with Gasteiger partial charge in [0.1, 0.15) is 0 Å². The molecule has 4 saturated carbocycles. The Kier molecular flexibility index (Phi) is 7.54. The topological polar surface area (TPSA) is 89.8 Å². The second-order valence-corrected chi connectivity index (χ2v) is 12.4. The molecule has 11 unspecified atom stereocenters. The Hall–Kier alpha value is -1.35. The highest BCUT2D eigenvalue weighted by Crippen LogP contribution is 2.68. The highest BCUT2D eigenvalue weighted by atomic mass is 16.3. The van der Waals surface area contributed by atoms with Gasteiger partial charge in [-0.25, -0.2) is 0 Å². The van der Waals surface area contributed by atoms with Gasteiger partial charge in [-0.15, -0.1) is 6.42 Å². The smallest absolute Gasteiger partial charge is 0.244 e. The maximum atomic E-state index is 11.7. The van der Waals surface area contributed by atoms with Crippen LogP contribution >= 0.6 is 0 Å². The summed E-state index contributed by atoms with van der Waals surface area (Å²) in [6.07, 6.45) is 15.9. The zero-order valence-electron chi connectivity index (χ0n) is 21.2. The number of fused-ring (bicyclic) bond motifs is 5. The van der Waals surface area contributed by atoms with E-state index in [-0.39, 0.29) is 41.2 Å². The molecule has 4 aliphatic rings. The average molecular weight is 472 g/mol. The Morgan fingerprint density at radius 1 is 1.06 bits per heavy atom. The molecule has 5 heteroatoms. The Bertz CT molecular complexity index is 819. The molecule has 4 fully saturated rings. The van der Waals surface area contributed by atoms with Crippen LogP contribution in [0.4, 0.5) is 0 Å². The van der Waals surface area contributed by atoms with Gasteiger partial charge in [-0.2, -0.15) is 0 Å². The quantitative estimate of drug-likeness (QED) is 0.351. The molecule has 0 aromatic carbocycles. The van der Waals surface area contributed by atoms with Gasteiger partial charge in [0, 0.05) is 0 Å². The third kappa shape index (κ3) is 4.36. The van der Waals surface area contributed by atoms with Gasteiger partial charge in [-0.05, 0) is 110 Å². The number of allylic oxidation sites excluding steroid dienone is 1. The lowest BCUT2D eigenvalue weighted by molar-refractivity contribution is -0.223. The van der Waals surface area contributed by atoms with Crippen molar-refractivity contribution in [2.24, 2.45) is 46.3 Å². The molecular formula is C29H45NO4. The number of nitrogens with one attached hydrogen (secondary N) is 1. The van der Waals surface area contributed by atoms with Gasteiger partial charge in [0.25, 0.3) is 0 Å². The number of carbonyl (C=O) groups excluding carboxylic acids is 1. The van der Waals surface area contributed by atoms with Crippen molar-refractivity contribution in [3.05, 3.63) is 12.2 Å². The molecule has 0 aromatic rings. The second-order valence-electron chi connectivity index (χ2n) is 12.4. The molecule has 0 radical (unpaired) electrons. The first-order valence-corrected chi connectivity index (χ1v) is 13.6. The van der Waals surface area contributed by atoms with E-state index in [4.69, 9.17) is 6.42 Å². The molecular weight excluding hydrogens is 426 g/mol. The first kappa shape index (κ1) is 25.7. The highest BCUT2D eigenvalue weighted by molar-refractivity contribution is 5.87. The monoisotopic (exact) mass is 471 g/mol. The molecule has 34 heavy (non-hydrogen) atoms. The third-order valence-electron chi connectivity index (χ3n) is 10.9. The van der Waals surface area contributed by atoms with Crippen LogP contribution in [0, 0.1) is 58.7 Å². The molecule has 0 aromatic heterocycles. The molecule has 1 amide bonds. The molecule has 5 nitrogen and oxygen atoms in total. The number of hydrogen-bond donors (Lipinski definition) is 4. The third-order valence-corrected chi connectivity index (χ3v) is 10.9. The van der Waals surface area contributed by atoms with Gasteiger partial charge in [0.05, 0.1) is 24.9 Å². The Morgan fingerprint density at radius 2 is 1.76 bits per heavy atom. The summed E-state index contributed by atoms with van der Waals surface area (Å²) in [6, 6.07) is 0. The molecule has 0 spiro atoms. The summed E-state index contributed by atoms with van der Waals surface area (Å²) in [6.45, 7) is 7.39. The lowest BCUT2D eigenvalue weighted by Gasteiger charge is -2.63. The minimum absolute atomic E-state index is 0.00222. The molecule has 11 atom stereocenters. The lowest BCUT2D eigenvalue weighted by Crippen LogP contribution is -2.64. The first-order chi connectivity index (χ1) is 16.1. The van der Waals surface area contributed by atoms with Crippen LogP contribution in [0.5, 0.6) is 0 Å². The highest BCUT2D eigenvalue weighted by Gasteiger charge is 2.65. The predicted molar refractivity (Wildman–Crippen MR) is 133 cm³/mol. The van der Waals surface area contributed by atoms with Crippen LogP contribution in [0.25, 0.3) is 0 Å². The van der Waals surface area contributed by atoms with Gasteiger partial charge in [0.15, 0.2) is 0 Å². The van der Waals surface area contributed by atoms with E-state index in [9.17, 15) is 20.1 Å². The Balaban J connectivity index is 1.44. The SMILES string of the molecule is C#CCNC(=O)C=CCCC(C)C1CCC2C3C(O)C(O)C4CC(O)CCC4(C)C3CCC12C. The van der Waals surface area contributed by atoms with Crippen LogP contribution in [-0.4, -0.2) is 46.1 Å². The molecule has 0 bridgehead atoms. The Labute approximate surface area is 205 Å². The number of aliphatic hydroxyl groups is 3. The summed E-state index contributed by atoms with van der Waals surface area (Å²) in [5, 5.41) is 35.5. The summed E-state index contributed by atoms with van der Waals surface area (Å²) in [7, 11) is 0. The molecule has 0 heterocycles. The predicted octanol–water partition coefficient (Wildman–Crippen LogP) is 3.67. The van der Waals surface area contributed by atoms with Crippen molar-refractivity contribution in [3.63, 3.8) is 0 Å². The summed E-state index contributed by atoms with van der Waals surface area (Å²) in [5.41, 5.74) is 0.199.